The number of methoxy groups -OCH3 is 1. The molecular weight excluding hydrogens is 378 g/mol. The molecule has 0 aliphatic carbocycles. The first-order valence-corrected chi connectivity index (χ1v) is 10.1. The first-order valence-electron chi connectivity index (χ1n) is 7.92. The lowest BCUT2D eigenvalue weighted by Crippen LogP contribution is -2.47. The number of carbonyl (C=O) groups excluding carboxylic acids is 1. The number of aliphatic hydroxyl groups is 1. The molecular formula is C18H18ClNO5S. The zero-order valence-electron chi connectivity index (χ0n) is 14.0. The summed E-state index contributed by atoms with van der Waals surface area (Å²) in [6, 6.07) is 12.1. The molecule has 1 aliphatic rings. The predicted octanol–water partition coefficient (Wildman–Crippen LogP) is 2.15. The van der Waals surface area contributed by atoms with Gasteiger partial charge in [0.2, 0.25) is 0 Å². The number of amides is 1. The fourth-order valence-corrected chi connectivity index (χ4v) is 4.90. The second kappa shape index (κ2) is 7.26. The minimum atomic E-state index is -3.43. The Hall–Kier alpha value is -2.09. The summed E-state index contributed by atoms with van der Waals surface area (Å²) < 4.78 is 29.1. The molecule has 8 heteroatoms. The molecule has 1 N–H and O–H groups in total. The third-order valence-electron chi connectivity index (χ3n) is 4.27. The number of benzene rings is 2. The number of carbonyl (C=O) groups is 1. The summed E-state index contributed by atoms with van der Waals surface area (Å²) in [6.45, 7) is 0. The molecule has 0 bridgehead atoms. The van der Waals surface area contributed by atoms with E-state index in [0.717, 1.165) is 0 Å². The molecule has 1 aliphatic heterocycles. The second-order valence-corrected chi connectivity index (χ2v) is 8.69. The summed E-state index contributed by atoms with van der Waals surface area (Å²) in [6.07, 6.45) is -1.16. The van der Waals surface area contributed by atoms with Crippen molar-refractivity contribution in [1.29, 1.82) is 0 Å². The van der Waals surface area contributed by atoms with Gasteiger partial charge in [0.05, 0.1) is 30.8 Å². The number of hydrogen-bond acceptors (Lipinski definition) is 5. The summed E-state index contributed by atoms with van der Waals surface area (Å²) in [7, 11) is -1.93. The van der Waals surface area contributed by atoms with Crippen molar-refractivity contribution in [2.24, 2.45) is 0 Å². The number of aliphatic hydroxyl groups excluding tert-OH is 1. The maximum absolute atomic E-state index is 13.1. The van der Waals surface area contributed by atoms with Crippen molar-refractivity contribution in [2.45, 2.75) is 12.1 Å². The van der Waals surface area contributed by atoms with Gasteiger partial charge in [0.25, 0.3) is 5.91 Å². The summed E-state index contributed by atoms with van der Waals surface area (Å²) in [4.78, 5) is 14.5. The minimum Gasteiger partial charge on any atom is -0.497 e. The van der Waals surface area contributed by atoms with E-state index in [1.165, 1.54) is 12.0 Å². The van der Waals surface area contributed by atoms with Gasteiger partial charge in [0.15, 0.2) is 9.84 Å². The maximum atomic E-state index is 13.1. The predicted molar refractivity (Wildman–Crippen MR) is 99.7 cm³/mol. The van der Waals surface area contributed by atoms with Crippen molar-refractivity contribution in [1.82, 2.24) is 0 Å². The minimum absolute atomic E-state index is 0.301. The van der Waals surface area contributed by atoms with Crippen LogP contribution in [0, 0.1) is 0 Å². The molecule has 1 heterocycles. The van der Waals surface area contributed by atoms with Gasteiger partial charge in [0.1, 0.15) is 5.75 Å². The van der Waals surface area contributed by atoms with E-state index in [1.54, 1.807) is 48.5 Å². The van der Waals surface area contributed by atoms with Gasteiger partial charge in [-0.15, -0.1) is 0 Å². The molecule has 2 aromatic rings. The van der Waals surface area contributed by atoms with E-state index in [0.29, 0.717) is 22.0 Å². The number of hydrogen-bond donors (Lipinski definition) is 1. The van der Waals surface area contributed by atoms with Crippen molar-refractivity contribution >= 4 is 33.0 Å². The van der Waals surface area contributed by atoms with E-state index in [1.807, 2.05) is 0 Å². The zero-order valence-corrected chi connectivity index (χ0v) is 15.6. The molecule has 0 spiro atoms. The van der Waals surface area contributed by atoms with Gasteiger partial charge in [-0.3, -0.25) is 4.79 Å². The van der Waals surface area contributed by atoms with Crippen LogP contribution in [0.5, 0.6) is 5.75 Å². The van der Waals surface area contributed by atoms with E-state index in [9.17, 15) is 18.3 Å². The Morgan fingerprint density at radius 1 is 1.19 bits per heavy atom. The van der Waals surface area contributed by atoms with Gasteiger partial charge in [-0.25, -0.2) is 8.42 Å². The van der Waals surface area contributed by atoms with Gasteiger partial charge in [-0.1, -0.05) is 17.7 Å². The highest BCUT2D eigenvalue weighted by Crippen LogP contribution is 2.29. The highest BCUT2D eigenvalue weighted by molar-refractivity contribution is 7.91. The Kier molecular flexibility index (Phi) is 5.22. The largest absolute Gasteiger partial charge is 0.497 e. The molecule has 6 nitrogen and oxygen atoms in total. The third-order valence-corrected chi connectivity index (χ3v) is 6.22. The number of ether oxygens (including phenoxy) is 1. The van der Waals surface area contributed by atoms with E-state index in [4.69, 9.17) is 16.3 Å². The van der Waals surface area contributed by atoms with Crippen molar-refractivity contribution < 1.29 is 23.1 Å². The molecule has 1 amide bonds. The lowest BCUT2D eigenvalue weighted by Gasteiger charge is -2.30. The van der Waals surface area contributed by atoms with E-state index in [2.05, 4.69) is 0 Å². The number of sulfone groups is 1. The van der Waals surface area contributed by atoms with Crippen LogP contribution in [0.3, 0.4) is 0 Å². The summed E-state index contributed by atoms with van der Waals surface area (Å²) >= 11 is 5.88. The molecule has 1 saturated heterocycles. The second-order valence-electron chi connectivity index (χ2n) is 6.10. The van der Waals surface area contributed by atoms with Crippen molar-refractivity contribution in [3.63, 3.8) is 0 Å². The molecule has 0 saturated carbocycles. The molecule has 3 rings (SSSR count). The Morgan fingerprint density at radius 2 is 1.88 bits per heavy atom. The van der Waals surface area contributed by atoms with E-state index >= 15 is 0 Å². The zero-order chi connectivity index (χ0) is 18.9. The summed E-state index contributed by atoms with van der Waals surface area (Å²) in [5.41, 5.74) is 0.791. The number of anilines is 1. The van der Waals surface area contributed by atoms with Gasteiger partial charge in [0, 0.05) is 22.3 Å². The lowest BCUT2D eigenvalue weighted by atomic mass is 10.1. The van der Waals surface area contributed by atoms with Crippen molar-refractivity contribution in [3.8, 4) is 5.75 Å². The van der Waals surface area contributed by atoms with Crippen molar-refractivity contribution in [3.05, 3.63) is 59.1 Å². The van der Waals surface area contributed by atoms with Crippen LogP contribution in [0.15, 0.2) is 48.5 Å². The third kappa shape index (κ3) is 3.85. The maximum Gasteiger partial charge on any atom is 0.258 e. The Morgan fingerprint density at radius 3 is 2.46 bits per heavy atom. The monoisotopic (exact) mass is 395 g/mol. The smallest absolute Gasteiger partial charge is 0.258 e. The lowest BCUT2D eigenvalue weighted by molar-refractivity contribution is 0.0945. The highest BCUT2D eigenvalue weighted by atomic mass is 35.5. The van der Waals surface area contributed by atoms with Gasteiger partial charge in [-0.2, -0.15) is 0 Å². The van der Waals surface area contributed by atoms with Gasteiger partial charge in [-0.05, 0) is 36.4 Å². The van der Waals surface area contributed by atoms with Crippen molar-refractivity contribution in [2.75, 3.05) is 23.5 Å². The van der Waals surface area contributed by atoms with Crippen LogP contribution < -0.4 is 9.64 Å². The molecule has 2 aromatic carbocycles. The van der Waals surface area contributed by atoms with E-state index in [-0.39, 0.29) is 11.5 Å². The van der Waals surface area contributed by atoms with Crippen LogP contribution in [0.1, 0.15) is 10.4 Å². The van der Waals surface area contributed by atoms with Gasteiger partial charge < -0.3 is 14.7 Å². The summed E-state index contributed by atoms with van der Waals surface area (Å²) in [5, 5.41) is 10.8. The fraction of sp³-hybridized carbons (Fsp3) is 0.278. The molecule has 138 valence electrons. The van der Waals surface area contributed by atoms with Gasteiger partial charge >= 0.3 is 0 Å². The topological polar surface area (TPSA) is 83.9 Å². The SMILES string of the molecule is COc1cccc(N(C(=O)c2ccc(Cl)cc2)C2CS(=O)(=O)CC2O)c1. The Bertz CT molecular complexity index is 913. The van der Waals surface area contributed by atoms with Crippen LogP contribution in [-0.4, -0.2) is 50.2 Å². The van der Waals surface area contributed by atoms with E-state index < -0.39 is 27.9 Å². The van der Waals surface area contributed by atoms with Crippen LogP contribution in [0.4, 0.5) is 5.69 Å². The average Bonchev–Trinajstić information content (AvgIpc) is 2.88. The van der Waals surface area contributed by atoms with Crippen LogP contribution in [-0.2, 0) is 9.84 Å². The molecule has 1 fully saturated rings. The standard InChI is InChI=1S/C18H18ClNO5S/c1-25-15-4-2-3-14(9-15)20(16-10-26(23,24)11-17(16)21)18(22)12-5-7-13(19)8-6-12/h2-9,16-17,21H,10-11H2,1H3. The quantitative estimate of drug-likeness (QED) is 0.857. The Labute approximate surface area is 156 Å². The fourth-order valence-electron chi connectivity index (χ4n) is 3.01. The molecule has 26 heavy (non-hydrogen) atoms. The first kappa shape index (κ1) is 18.7. The first-order chi connectivity index (χ1) is 12.3. The molecule has 0 radical (unpaired) electrons. The normalized spacial score (nSPS) is 21.3. The molecule has 0 aromatic heterocycles. The number of halogens is 1. The average molecular weight is 396 g/mol. The van der Waals surface area contributed by atoms with Crippen LogP contribution in [0.25, 0.3) is 0 Å². The molecule has 2 unspecified atom stereocenters. The number of nitrogens with zero attached hydrogens (tertiary/aromatic N) is 1. The highest BCUT2D eigenvalue weighted by Gasteiger charge is 2.42. The number of rotatable bonds is 4. The van der Waals surface area contributed by atoms with Crippen LogP contribution >= 0.6 is 11.6 Å². The van der Waals surface area contributed by atoms with Crippen LogP contribution in [0.2, 0.25) is 5.02 Å². The summed E-state index contributed by atoms with van der Waals surface area (Å²) in [5.74, 6) is -0.570. The Balaban J connectivity index is 2.06. The molecule has 2 atom stereocenters.